The number of methoxy groups -OCH3 is 1. The third-order valence-corrected chi connectivity index (χ3v) is 4.99. The fourth-order valence-corrected chi connectivity index (χ4v) is 3.61. The molecule has 1 aliphatic heterocycles. The molecule has 1 aliphatic rings. The standard InChI is InChI=1S/C21H21N3O2/c1-26-17-7-5-15(6-8-17)13-16-9-12-24(14-16)21(25)18-3-2-4-19-20(18)23-11-10-22-19/h2-8,10-11,16H,9,12-14H2,1H3. The zero-order valence-electron chi connectivity index (χ0n) is 14.8. The molecule has 1 aromatic heterocycles. The Hall–Kier alpha value is -2.95. The highest BCUT2D eigenvalue weighted by Crippen LogP contribution is 2.25. The highest BCUT2D eigenvalue weighted by Gasteiger charge is 2.28. The maximum absolute atomic E-state index is 13.0. The minimum Gasteiger partial charge on any atom is -0.497 e. The Morgan fingerprint density at radius 1 is 1.15 bits per heavy atom. The average Bonchev–Trinajstić information content (AvgIpc) is 3.16. The molecule has 2 aromatic carbocycles. The second-order valence-electron chi connectivity index (χ2n) is 6.69. The van der Waals surface area contributed by atoms with E-state index in [4.69, 9.17) is 4.74 Å². The summed E-state index contributed by atoms with van der Waals surface area (Å²) >= 11 is 0. The van der Waals surface area contributed by atoms with Crippen molar-refractivity contribution < 1.29 is 9.53 Å². The van der Waals surface area contributed by atoms with Crippen molar-refractivity contribution in [3.63, 3.8) is 0 Å². The van der Waals surface area contributed by atoms with E-state index in [0.29, 0.717) is 17.0 Å². The number of nitrogens with zero attached hydrogens (tertiary/aromatic N) is 3. The first-order valence-corrected chi connectivity index (χ1v) is 8.86. The van der Waals surface area contributed by atoms with E-state index < -0.39 is 0 Å². The molecule has 1 saturated heterocycles. The minimum absolute atomic E-state index is 0.0494. The van der Waals surface area contributed by atoms with Gasteiger partial charge in [0.2, 0.25) is 0 Å². The van der Waals surface area contributed by atoms with Gasteiger partial charge in [-0.25, -0.2) is 0 Å². The van der Waals surface area contributed by atoms with Crippen LogP contribution in [0.1, 0.15) is 22.3 Å². The largest absolute Gasteiger partial charge is 0.497 e. The summed E-state index contributed by atoms with van der Waals surface area (Å²) in [5.74, 6) is 1.40. The highest BCUT2D eigenvalue weighted by molar-refractivity contribution is 6.04. The molecule has 1 fully saturated rings. The van der Waals surface area contributed by atoms with Crippen LogP contribution >= 0.6 is 0 Å². The van der Waals surface area contributed by atoms with Crippen LogP contribution in [0.4, 0.5) is 0 Å². The third kappa shape index (κ3) is 3.25. The number of fused-ring (bicyclic) bond motifs is 1. The number of amides is 1. The van der Waals surface area contributed by atoms with E-state index in [1.165, 1.54) is 5.56 Å². The normalized spacial score (nSPS) is 16.8. The fraction of sp³-hybridized carbons (Fsp3) is 0.286. The lowest BCUT2D eigenvalue weighted by atomic mass is 9.99. The number of carbonyl (C=O) groups excluding carboxylic acids is 1. The number of hydrogen-bond donors (Lipinski definition) is 0. The van der Waals surface area contributed by atoms with Crippen LogP contribution < -0.4 is 4.74 Å². The molecule has 1 amide bonds. The van der Waals surface area contributed by atoms with E-state index in [1.807, 2.05) is 35.2 Å². The van der Waals surface area contributed by atoms with Crippen LogP contribution in [0.3, 0.4) is 0 Å². The first-order chi connectivity index (χ1) is 12.7. The lowest BCUT2D eigenvalue weighted by Gasteiger charge is -2.17. The van der Waals surface area contributed by atoms with Crippen LogP contribution in [0.2, 0.25) is 0 Å². The van der Waals surface area contributed by atoms with Crippen LogP contribution in [-0.2, 0) is 6.42 Å². The first kappa shape index (κ1) is 16.5. The van der Waals surface area contributed by atoms with Crippen molar-refractivity contribution in [2.75, 3.05) is 20.2 Å². The number of hydrogen-bond acceptors (Lipinski definition) is 4. The monoisotopic (exact) mass is 347 g/mol. The first-order valence-electron chi connectivity index (χ1n) is 8.86. The van der Waals surface area contributed by atoms with Gasteiger partial charge >= 0.3 is 0 Å². The van der Waals surface area contributed by atoms with Gasteiger partial charge in [-0.05, 0) is 48.6 Å². The molecule has 132 valence electrons. The van der Waals surface area contributed by atoms with Gasteiger partial charge in [0, 0.05) is 25.5 Å². The van der Waals surface area contributed by atoms with E-state index in [-0.39, 0.29) is 5.91 Å². The molecule has 0 radical (unpaired) electrons. The van der Waals surface area contributed by atoms with E-state index in [9.17, 15) is 4.79 Å². The summed E-state index contributed by atoms with van der Waals surface area (Å²) in [6.45, 7) is 1.57. The molecular formula is C21H21N3O2. The Morgan fingerprint density at radius 2 is 1.96 bits per heavy atom. The summed E-state index contributed by atoms with van der Waals surface area (Å²) in [6.07, 6.45) is 5.28. The number of carbonyl (C=O) groups is 1. The van der Waals surface area contributed by atoms with E-state index in [2.05, 4.69) is 22.1 Å². The number of likely N-dealkylation sites (tertiary alicyclic amines) is 1. The van der Waals surface area contributed by atoms with Crippen molar-refractivity contribution in [1.29, 1.82) is 0 Å². The Bertz CT molecular complexity index is 919. The molecule has 4 rings (SSSR count). The summed E-state index contributed by atoms with van der Waals surface area (Å²) in [5.41, 5.74) is 3.35. The zero-order chi connectivity index (χ0) is 17.9. The molecule has 0 spiro atoms. The van der Waals surface area contributed by atoms with Crippen LogP contribution in [0, 0.1) is 5.92 Å². The van der Waals surface area contributed by atoms with E-state index in [1.54, 1.807) is 19.5 Å². The molecule has 3 aromatic rings. The molecule has 5 heteroatoms. The van der Waals surface area contributed by atoms with Gasteiger partial charge < -0.3 is 9.64 Å². The number of ether oxygens (including phenoxy) is 1. The molecule has 1 unspecified atom stereocenters. The molecule has 1 atom stereocenters. The Morgan fingerprint density at radius 3 is 2.77 bits per heavy atom. The van der Waals surface area contributed by atoms with Gasteiger partial charge in [-0.2, -0.15) is 0 Å². The zero-order valence-corrected chi connectivity index (χ0v) is 14.8. The van der Waals surface area contributed by atoms with Crippen LogP contribution in [-0.4, -0.2) is 41.0 Å². The number of benzene rings is 2. The van der Waals surface area contributed by atoms with E-state index in [0.717, 1.165) is 37.2 Å². The number of aromatic nitrogens is 2. The van der Waals surface area contributed by atoms with Gasteiger partial charge in [0.25, 0.3) is 5.91 Å². The topological polar surface area (TPSA) is 55.3 Å². The van der Waals surface area contributed by atoms with Crippen LogP contribution in [0.5, 0.6) is 5.75 Å². The second kappa shape index (κ2) is 7.12. The Balaban J connectivity index is 1.46. The quantitative estimate of drug-likeness (QED) is 0.726. The molecule has 0 N–H and O–H groups in total. The Kier molecular flexibility index (Phi) is 4.52. The lowest BCUT2D eigenvalue weighted by molar-refractivity contribution is 0.0789. The van der Waals surface area contributed by atoms with Crippen LogP contribution in [0.25, 0.3) is 11.0 Å². The minimum atomic E-state index is 0.0494. The van der Waals surface area contributed by atoms with Gasteiger partial charge in [0.05, 0.1) is 18.2 Å². The van der Waals surface area contributed by atoms with Gasteiger partial charge in [-0.15, -0.1) is 0 Å². The summed E-state index contributed by atoms with van der Waals surface area (Å²) in [5, 5.41) is 0. The van der Waals surface area contributed by atoms with Crippen molar-refractivity contribution in [2.24, 2.45) is 5.92 Å². The molecular weight excluding hydrogens is 326 g/mol. The molecule has 0 saturated carbocycles. The van der Waals surface area contributed by atoms with Crippen molar-refractivity contribution >= 4 is 16.9 Å². The van der Waals surface area contributed by atoms with Crippen LogP contribution in [0.15, 0.2) is 54.9 Å². The number of para-hydroxylation sites is 1. The molecule has 2 heterocycles. The summed E-state index contributed by atoms with van der Waals surface area (Å²) < 4.78 is 5.21. The van der Waals surface area contributed by atoms with Crippen molar-refractivity contribution in [3.05, 3.63) is 66.0 Å². The smallest absolute Gasteiger partial charge is 0.256 e. The summed E-state index contributed by atoms with van der Waals surface area (Å²) in [6, 6.07) is 13.8. The fourth-order valence-electron chi connectivity index (χ4n) is 3.61. The summed E-state index contributed by atoms with van der Waals surface area (Å²) in [7, 11) is 1.67. The van der Waals surface area contributed by atoms with Crippen molar-refractivity contribution in [2.45, 2.75) is 12.8 Å². The average molecular weight is 347 g/mol. The van der Waals surface area contributed by atoms with Gasteiger partial charge in [-0.3, -0.25) is 14.8 Å². The van der Waals surface area contributed by atoms with Gasteiger partial charge in [0.15, 0.2) is 0 Å². The third-order valence-electron chi connectivity index (χ3n) is 4.99. The van der Waals surface area contributed by atoms with Crippen molar-refractivity contribution in [1.82, 2.24) is 14.9 Å². The second-order valence-corrected chi connectivity index (χ2v) is 6.69. The lowest BCUT2D eigenvalue weighted by Crippen LogP contribution is -2.29. The predicted octanol–water partition coefficient (Wildman–Crippen LogP) is 3.34. The van der Waals surface area contributed by atoms with Crippen molar-refractivity contribution in [3.8, 4) is 5.75 Å². The SMILES string of the molecule is COc1ccc(CC2CCN(C(=O)c3cccc4nccnc34)C2)cc1. The van der Waals surface area contributed by atoms with Gasteiger partial charge in [0.1, 0.15) is 11.3 Å². The maximum Gasteiger partial charge on any atom is 0.256 e. The molecule has 0 bridgehead atoms. The molecule has 0 aliphatic carbocycles. The molecule has 26 heavy (non-hydrogen) atoms. The predicted molar refractivity (Wildman–Crippen MR) is 100 cm³/mol. The highest BCUT2D eigenvalue weighted by atomic mass is 16.5. The van der Waals surface area contributed by atoms with E-state index >= 15 is 0 Å². The molecule has 5 nitrogen and oxygen atoms in total. The van der Waals surface area contributed by atoms with Gasteiger partial charge in [-0.1, -0.05) is 18.2 Å². The maximum atomic E-state index is 13.0. The number of rotatable bonds is 4. The Labute approximate surface area is 152 Å². The summed E-state index contributed by atoms with van der Waals surface area (Å²) in [4.78, 5) is 23.6.